The minimum absolute atomic E-state index is 0.489. The van der Waals surface area contributed by atoms with E-state index in [4.69, 9.17) is 0 Å². The fourth-order valence-electron chi connectivity index (χ4n) is 1.29. The van der Waals surface area contributed by atoms with Crippen LogP contribution in [0.15, 0.2) is 18.3 Å². The van der Waals surface area contributed by atoms with Crippen LogP contribution in [0.25, 0.3) is 0 Å². The van der Waals surface area contributed by atoms with Gasteiger partial charge >= 0.3 is 6.18 Å². The van der Waals surface area contributed by atoms with Crippen LogP contribution < -0.4 is 10.2 Å². The van der Waals surface area contributed by atoms with Crippen molar-refractivity contribution in [1.29, 1.82) is 0 Å². The monoisotopic (exact) mass is 233 g/mol. The predicted octanol–water partition coefficient (Wildman–Crippen LogP) is 2.51. The Morgan fingerprint density at radius 3 is 2.69 bits per heavy atom. The molecule has 3 nitrogen and oxygen atoms in total. The van der Waals surface area contributed by atoms with Crippen LogP contribution in [0, 0.1) is 0 Å². The molecule has 1 aromatic heterocycles. The summed E-state index contributed by atoms with van der Waals surface area (Å²) in [5, 5.41) is 2.95. The minimum atomic E-state index is -4.20. The molecule has 1 rings (SSSR count). The van der Waals surface area contributed by atoms with Crippen molar-refractivity contribution in [3.05, 3.63) is 18.3 Å². The van der Waals surface area contributed by atoms with E-state index in [1.165, 1.54) is 13.2 Å². The van der Waals surface area contributed by atoms with Crippen molar-refractivity contribution in [3.63, 3.8) is 0 Å². The Bertz CT molecular complexity index is 338. The van der Waals surface area contributed by atoms with Gasteiger partial charge in [0.05, 0.1) is 0 Å². The van der Waals surface area contributed by atoms with E-state index in [9.17, 15) is 13.2 Å². The Labute approximate surface area is 92.3 Å². The van der Waals surface area contributed by atoms with Gasteiger partial charge in [-0.3, -0.25) is 0 Å². The van der Waals surface area contributed by atoms with Gasteiger partial charge in [-0.05, 0) is 13.0 Å². The van der Waals surface area contributed by atoms with E-state index in [0.29, 0.717) is 18.1 Å². The van der Waals surface area contributed by atoms with Crippen LogP contribution in [0.2, 0.25) is 0 Å². The Kier molecular flexibility index (Phi) is 3.98. The van der Waals surface area contributed by atoms with Crippen molar-refractivity contribution in [2.24, 2.45) is 0 Å². The second-order valence-corrected chi connectivity index (χ2v) is 3.40. The highest BCUT2D eigenvalue weighted by Gasteiger charge is 2.29. The molecule has 0 aliphatic carbocycles. The number of pyridine rings is 1. The summed E-state index contributed by atoms with van der Waals surface area (Å²) in [7, 11) is 1.40. The van der Waals surface area contributed by atoms with Crippen LogP contribution in [-0.4, -0.2) is 31.3 Å². The molecular formula is C10H14F3N3. The van der Waals surface area contributed by atoms with Crippen molar-refractivity contribution in [1.82, 2.24) is 4.98 Å². The first kappa shape index (κ1) is 12.6. The zero-order valence-electron chi connectivity index (χ0n) is 9.17. The Hall–Kier alpha value is -1.46. The number of anilines is 2. The summed E-state index contributed by atoms with van der Waals surface area (Å²) in [5.41, 5.74) is 0.489. The smallest absolute Gasteiger partial charge is 0.370 e. The van der Waals surface area contributed by atoms with Crippen LogP contribution in [0.4, 0.5) is 24.7 Å². The van der Waals surface area contributed by atoms with Crippen molar-refractivity contribution < 1.29 is 13.2 Å². The molecular weight excluding hydrogens is 219 g/mol. The number of hydrogen-bond acceptors (Lipinski definition) is 3. The van der Waals surface area contributed by atoms with E-state index >= 15 is 0 Å². The third-order valence-corrected chi connectivity index (χ3v) is 1.96. The number of nitrogens with one attached hydrogen (secondary N) is 1. The van der Waals surface area contributed by atoms with Gasteiger partial charge in [-0.2, -0.15) is 13.2 Å². The average molecular weight is 233 g/mol. The molecule has 0 atom stereocenters. The van der Waals surface area contributed by atoms with E-state index in [-0.39, 0.29) is 0 Å². The summed E-state index contributed by atoms with van der Waals surface area (Å²) in [6.07, 6.45) is -2.71. The van der Waals surface area contributed by atoms with Crippen LogP contribution in [0.3, 0.4) is 0 Å². The van der Waals surface area contributed by atoms with Crippen LogP contribution >= 0.6 is 0 Å². The molecule has 0 saturated heterocycles. The summed E-state index contributed by atoms with van der Waals surface area (Å²) in [6.45, 7) is 1.61. The molecule has 6 heteroatoms. The first-order valence-corrected chi connectivity index (χ1v) is 4.90. The maximum atomic E-state index is 12.2. The van der Waals surface area contributed by atoms with Gasteiger partial charge in [-0.25, -0.2) is 4.98 Å². The van der Waals surface area contributed by atoms with E-state index < -0.39 is 12.7 Å². The van der Waals surface area contributed by atoms with Crippen molar-refractivity contribution in [3.8, 4) is 0 Å². The second kappa shape index (κ2) is 5.05. The summed E-state index contributed by atoms with van der Waals surface area (Å²) >= 11 is 0. The highest BCUT2D eigenvalue weighted by atomic mass is 19.4. The standard InChI is InChI=1S/C10H14F3N3/c1-3-14-9-6-8(4-5-15-9)16(2)7-10(11,12)13/h4-6H,3,7H2,1-2H3,(H,14,15). The quantitative estimate of drug-likeness (QED) is 0.866. The topological polar surface area (TPSA) is 28.2 Å². The highest BCUT2D eigenvalue weighted by molar-refractivity contribution is 5.53. The van der Waals surface area contributed by atoms with Gasteiger partial charge in [0.1, 0.15) is 12.4 Å². The largest absolute Gasteiger partial charge is 0.405 e. The third kappa shape index (κ3) is 3.96. The highest BCUT2D eigenvalue weighted by Crippen LogP contribution is 2.21. The number of halogens is 3. The first-order valence-electron chi connectivity index (χ1n) is 4.90. The molecule has 0 spiro atoms. The molecule has 0 aromatic carbocycles. The average Bonchev–Trinajstić information content (AvgIpc) is 2.16. The van der Waals surface area contributed by atoms with Crippen molar-refractivity contribution >= 4 is 11.5 Å². The number of alkyl halides is 3. The molecule has 16 heavy (non-hydrogen) atoms. The van der Waals surface area contributed by atoms with Gasteiger partial charge in [0.25, 0.3) is 0 Å². The van der Waals surface area contributed by atoms with Gasteiger partial charge in [0.15, 0.2) is 0 Å². The molecule has 0 aliphatic rings. The maximum absolute atomic E-state index is 12.2. The van der Waals surface area contributed by atoms with E-state index in [1.54, 1.807) is 12.1 Å². The lowest BCUT2D eigenvalue weighted by molar-refractivity contribution is -0.119. The fraction of sp³-hybridized carbons (Fsp3) is 0.500. The molecule has 1 N–H and O–H groups in total. The molecule has 1 heterocycles. The van der Waals surface area contributed by atoms with Gasteiger partial charge in [-0.1, -0.05) is 0 Å². The van der Waals surface area contributed by atoms with E-state index in [0.717, 1.165) is 4.90 Å². The van der Waals surface area contributed by atoms with Crippen LogP contribution in [-0.2, 0) is 0 Å². The lowest BCUT2D eigenvalue weighted by atomic mass is 10.3. The Balaban J connectivity index is 2.75. The summed E-state index contributed by atoms with van der Waals surface area (Å²) < 4.78 is 36.5. The zero-order chi connectivity index (χ0) is 12.2. The normalized spacial score (nSPS) is 11.3. The van der Waals surface area contributed by atoms with E-state index in [1.807, 2.05) is 6.92 Å². The molecule has 0 fully saturated rings. The molecule has 0 aliphatic heterocycles. The molecule has 0 saturated carbocycles. The molecule has 90 valence electrons. The number of nitrogens with zero attached hydrogens (tertiary/aromatic N) is 2. The number of aromatic nitrogens is 1. The first-order chi connectivity index (χ1) is 7.42. The summed E-state index contributed by atoms with van der Waals surface area (Å²) in [4.78, 5) is 5.13. The Morgan fingerprint density at radius 2 is 2.12 bits per heavy atom. The van der Waals surface area contributed by atoms with Crippen molar-refractivity contribution in [2.75, 3.05) is 30.4 Å². The third-order valence-electron chi connectivity index (χ3n) is 1.96. The lowest BCUT2D eigenvalue weighted by Crippen LogP contribution is -2.30. The Morgan fingerprint density at radius 1 is 1.44 bits per heavy atom. The number of rotatable bonds is 4. The summed E-state index contributed by atoms with van der Waals surface area (Å²) in [6, 6.07) is 3.14. The van der Waals surface area contributed by atoms with Crippen LogP contribution in [0.5, 0.6) is 0 Å². The summed E-state index contributed by atoms with van der Waals surface area (Å²) in [5.74, 6) is 0.578. The SMILES string of the molecule is CCNc1cc(N(C)CC(F)(F)F)ccn1. The predicted molar refractivity (Wildman–Crippen MR) is 57.7 cm³/mol. The zero-order valence-corrected chi connectivity index (χ0v) is 9.17. The molecule has 1 aromatic rings. The molecule has 0 radical (unpaired) electrons. The molecule has 0 unspecified atom stereocenters. The van der Waals surface area contributed by atoms with Crippen molar-refractivity contribution in [2.45, 2.75) is 13.1 Å². The lowest BCUT2D eigenvalue weighted by Gasteiger charge is -2.21. The van der Waals surface area contributed by atoms with Crippen LogP contribution in [0.1, 0.15) is 6.92 Å². The van der Waals surface area contributed by atoms with Gasteiger partial charge < -0.3 is 10.2 Å². The van der Waals surface area contributed by atoms with Gasteiger partial charge in [0.2, 0.25) is 0 Å². The second-order valence-electron chi connectivity index (χ2n) is 3.40. The van der Waals surface area contributed by atoms with E-state index in [2.05, 4.69) is 10.3 Å². The number of hydrogen-bond donors (Lipinski definition) is 1. The minimum Gasteiger partial charge on any atom is -0.370 e. The maximum Gasteiger partial charge on any atom is 0.405 e. The van der Waals surface area contributed by atoms with Gasteiger partial charge in [0, 0.05) is 31.5 Å². The fourth-order valence-corrected chi connectivity index (χ4v) is 1.29. The molecule has 0 amide bonds. The molecule has 0 bridgehead atoms. The van der Waals surface area contributed by atoms with Gasteiger partial charge in [-0.15, -0.1) is 0 Å².